The smallest absolute Gasteiger partial charge is 0.263 e. The lowest BCUT2D eigenvalue weighted by Crippen LogP contribution is -2.44. The fraction of sp³-hybridized carbons (Fsp3) is 0.348. The molecule has 3 aromatic rings. The second-order valence-corrected chi connectivity index (χ2v) is 7.54. The quantitative estimate of drug-likeness (QED) is 0.681. The van der Waals surface area contributed by atoms with Gasteiger partial charge in [-0.15, -0.1) is 0 Å². The fourth-order valence-corrected chi connectivity index (χ4v) is 3.54. The van der Waals surface area contributed by atoms with E-state index in [4.69, 9.17) is 4.74 Å². The maximum absolute atomic E-state index is 12.6. The molecule has 4 rings (SSSR count). The Balaban J connectivity index is 1.43. The van der Waals surface area contributed by atoms with E-state index in [-0.39, 0.29) is 5.91 Å². The van der Waals surface area contributed by atoms with E-state index in [0.29, 0.717) is 11.7 Å². The minimum Gasteiger partial charge on any atom is -0.481 e. The minimum absolute atomic E-state index is 0.0661. The van der Waals surface area contributed by atoms with Gasteiger partial charge in [-0.25, -0.2) is 4.98 Å². The summed E-state index contributed by atoms with van der Waals surface area (Å²) in [5.74, 6) is 1.45. The highest BCUT2D eigenvalue weighted by Crippen LogP contribution is 2.23. The number of nitrogens with zero attached hydrogens (tertiary/aromatic N) is 3. The van der Waals surface area contributed by atoms with E-state index >= 15 is 0 Å². The largest absolute Gasteiger partial charge is 0.481 e. The molecule has 1 aliphatic heterocycles. The summed E-state index contributed by atoms with van der Waals surface area (Å²) in [6, 6.07) is 15.5. The first kappa shape index (κ1) is 18.4. The normalized spacial score (nSPS) is 16.1. The van der Waals surface area contributed by atoms with Crippen LogP contribution in [0, 0.1) is 5.92 Å². The summed E-state index contributed by atoms with van der Waals surface area (Å²) in [4.78, 5) is 23.7. The highest BCUT2D eigenvalue weighted by atomic mass is 16.5. The summed E-state index contributed by atoms with van der Waals surface area (Å²) in [5, 5.41) is 0. The lowest BCUT2D eigenvalue weighted by atomic mass is 9.99. The number of hydrogen-bond acceptors (Lipinski definition) is 4. The number of ether oxygens (including phenoxy) is 1. The number of rotatable bonds is 4. The van der Waals surface area contributed by atoms with Crippen LogP contribution in [0.3, 0.4) is 0 Å². The number of carbonyl (C=O) groups excluding carboxylic acids is 1. The molecule has 2 aromatic carbocycles. The van der Waals surface area contributed by atoms with Crippen LogP contribution in [0.4, 0.5) is 0 Å². The molecule has 0 saturated carbocycles. The van der Waals surface area contributed by atoms with Gasteiger partial charge in [0.15, 0.2) is 6.10 Å². The van der Waals surface area contributed by atoms with E-state index in [9.17, 15) is 4.79 Å². The molecular weight excluding hydrogens is 350 g/mol. The summed E-state index contributed by atoms with van der Waals surface area (Å²) < 4.78 is 5.89. The Morgan fingerprint density at radius 3 is 2.46 bits per heavy atom. The van der Waals surface area contributed by atoms with Crippen molar-refractivity contribution in [3.05, 3.63) is 54.7 Å². The van der Waals surface area contributed by atoms with Gasteiger partial charge in [-0.05, 0) is 62.1 Å². The van der Waals surface area contributed by atoms with E-state index in [1.165, 1.54) is 0 Å². The van der Waals surface area contributed by atoms with Gasteiger partial charge in [-0.3, -0.25) is 9.78 Å². The number of aromatic nitrogens is 2. The van der Waals surface area contributed by atoms with Gasteiger partial charge in [-0.2, -0.15) is 0 Å². The predicted molar refractivity (Wildman–Crippen MR) is 110 cm³/mol. The Hall–Kier alpha value is -2.95. The molecule has 1 aliphatic rings. The van der Waals surface area contributed by atoms with Crippen LogP contribution in [0.5, 0.6) is 5.75 Å². The van der Waals surface area contributed by atoms with Gasteiger partial charge in [-0.1, -0.05) is 19.1 Å². The molecule has 5 heteroatoms. The summed E-state index contributed by atoms with van der Waals surface area (Å²) >= 11 is 0. The summed E-state index contributed by atoms with van der Waals surface area (Å²) in [5.41, 5.74) is 3.53. The number of para-hydroxylation sites is 2. The maximum atomic E-state index is 12.6. The van der Waals surface area contributed by atoms with Crippen molar-refractivity contribution in [1.82, 2.24) is 14.9 Å². The summed E-state index contributed by atoms with van der Waals surface area (Å²) in [7, 11) is 0. The van der Waals surface area contributed by atoms with Gasteiger partial charge in [0.1, 0.15) is 5.75 Å². The van der Waals surface area contributed by atoms with Crippen LogP contribution in [-0.4, -0.2) is 40.0 Å². The Bertz CT molecular complexity index is 963. The Morgan fingerprint density at radius 1 is 1.07 bits per heavy atom. The van der Waals surface area contributed by atoms with Crippen molar-refractivity contribution in [3.8, 4) is 17.0 Å². The lowest BCUT2D eigenvalue weighted by Gasteiger charge is -2.32. The molecule has 1 saturated heterocycles. The number of likely N-dealkylation sites (tertiary alicyclic amines) is 1. The van der Waals surface area contributed by atoms with Gasteiger partial charge in [0.25, 0.3) is 5.91 Å². The highest BCUT2D eigenvalue weighted by molar-refractivity contribution is 5.81. The number of benzene rings is 2. The van der Waals surface area contributed by atoms with Gasteiger partial charge >= 0.3 is 0 Å². The molecule has 1 unspecified atom stereocenters. The molecular formula is C23H25N3O2. The third kappa shape index (κ3) is 3.98. The van der Waals surface area contributed by atoms with E-state index in [0.717, 1.165) is 48.2 Å². The first-order valence-corrected chi connectivity index (χ1v) is 9.88. The first-order valence-electron chi connectivity index (χ1n) is 9.88. The highest BCUT2D eigenvalue weighted by Gasteiger charge is 2.25. The molecule has 1 atom stereocenters. The number of amides is 1. The molecule has 144 valence electrons. The van der Waals surface area contributed by atoms with E-state index < -0.39 is 6.10 Å². The van der Waals surface area contributed by atoms with Crippen LogP contribution in [0.25, 0.3) is 22.3 Å². The average molecular weight is 375 g/mol. The fourth-order valence-electron chi connectivity index (χ4n) is 3.54. The molecule has 1 aromatic heterocycles. The van der Waals surface area contributed by atoms with Crippen LogP contribution in [0.2, 0.25) is 0 Å². The number of carbonyl (C=O) groups is 1. The molecule has 0 radical (unpaired) electrons. The second-order valence-electron chi connectivity index (χ2n) is 7.54. The predicted octanol–water partition coefficient (Wildman–Crippen LogP) is 4.32. The summed E-state index contributed by atoms with van der Waals surface area (Å²) in [6.45, 7) is 5.72. The maximum Gasteiger partial charge on any atom is 0.263 e. The van der Waals surface area contributed by atoms with Crippen LogP contribution >= 0.6 is 0 Å². The lowest BCUT2D eigenvalue weighted by molar-refractivity contribution is -0.139. The Labute approximate surface area is 165 Å². The van der Waals surface area contributed by atoms with Crippen molar-refractivity contribution >= 4 is 16.9 Å². The third-order valence-corrected chi connectivity index (χ3v) is 5.35. The molecule has 0 bridgehead atoms. The summed E-state index contributed by atoms with van der Waals surface area (Å²) in [6.07, 6.45) is 3.43. The first-order chi connectivity index (χ1) is 13.6. The zero-order chi connectivity index (χ0) is 19.5. The third-order valence-electron chi connectivity index (χ3n) is 5.35. The molecule has 1 amide bonds. The van der Waals surface area contributed by atoms with Gasteiger partial charge < -0.3 is 9.64 Å². The number of fused-ring (bicyclic) bond motifs is 1. The Kier molecular flexibility index (Phi) is 5.24. The SMILES string of the molecule is CC1CCN(C(=O)C(C)Oc2ccc(-c3cnc4ccccc4n3)cc2)CC1. The van der Waals surface area contributed by atoms with E-state index in [2.05, 4.69) is 16.9 Å². The van der Waals surface area contributed by atoms with Crippen molar-refractivity contribution < 1.29 is 9.53 Å². The van der Waals surface area contributed by atoms with Crippen molar-refractivity contribution in [1.29, 1.82) is 0 Å². The van der Waals surface area contributed by atoms with Gasteiger partial charge in [0.05, 0.1) is 22.9 Å². The van der Waals surface area contributed by atoms with Crippen LogP contribution in [0.15, 0.2) is 54.7 Å². The zero-order valence-corrected chi connectivity index (χ0v) is 16.3. The van der Waals surface area contributed by atoms with Crippen molar-refractivity contribution in [2.24, 2.45) is 5.92 Å². The molecule has 28 heavy (non-hydrogen) atoms. The average Bonchev–Trinajstić information content (AvgIpc) is 2.74. The standard InChI is InChI=1S/C23H25N3O2/c1-16-11-13-26(14-12-16)23(27)17(2)28-19-9-7-18(8-10-19)22-15-24-20-5-3-4-6-21(20)25-22/h3-10,15-17H,11-14H2,1-2H3. The molecule has 1 fully saturated rings. The minimum atomic E-state index is -0.486. The molecule has 5 nitrogen and oxygen atoms in total. The van der Waals surface area contributed by atoms with Gasteiger partial charge in [0.2, 0.25) is 0 Å². The number of hydrogen-bond donors (Lipinski definition) is 0. The molecule has 0 spiro atoms. The van der Waals surface area contributed by atoms with E-state index in [1.54, 1.807) is 6.20 Å². The van der Waals surface area contributed by atoms with E-state index in [1.807, 2.05) is 60.4 Å². The number of piperidine rings is 1. The molecule has 0 aliphatic carbocycles. The monoisotopic (exact) mass is 375 g/mol. The van der Waals surface area contributed by atoms with Crippen LogP contribution in [0.1, 0.15) is 26.7 Å². The Morgan fingerprint density at radius 2 is 1.75 bits per heavy atom. The zero-order valence-electron chi connectivity index (χ0n) is 16.3. The van der Waals surface area contributed by atoms with Crippen LogP contribution < -0.4 is 4.74 Å². The topological polar surface area (TPSA) is 55.3 Å². The second kappa shape index (κ2) is 7.97. The molecule has 2 heterocycles. The van der Waals surface area contributed by atoms with Crippen molar-refractivity contribution in [2.45, 2.75) is 32.8 Å². The molecule has 0 N–H and O–H groups in total. The van der Waals surface area contributed by atoms with Crippen LogP contribution in [-0.2, 0) is 4.79 Å². The van der Waals surface area contributed by atoms with Crippen molar-refractivity contribution in [3.63, 3.8) is 0 Å². The van der Waals surface area contributed by atoms with Gasteiger partial charge in [0, 0.05) is 18.7 Å². The van der Waals surface area contributed by atoms with Crippen molar-refractivity contribution in [2.75, 3.05) is 13.1 Å².